The maximum Gasteiger partial charge on any atom is 0.120 e. The fraction of sp³-hybridized carbons (Fsp3) is 0.647. The SMILES string of the molecule is CCC(NCC(C1CC1)C1CC1)c1cc(Br)ccc1O. The molecule has 0 radical (unpaired) electrons. The molecule has 3 heteroatoms. The standard InChI is InChI=1S/C17H24BrNO/c1-2-16(14-9-13(18)7-8-17(14)20)19-10-15(11-3-4-11)12-5-6-12/h7-9,11-12,15-16,19-20H,2-6,10H2,1H3. The van der Waals surface area contributed by atoms with Crippen molar-refractivity contribution in [3.05, 3.63) is 28.2 Å². The molecule has 2 aliphatic rings. The average molecular weight is 338 g/mol. The number of phenols is 1. The van der Waals surface area contributed by atoms with Crippen molar-refractivity contribution in [1.29, 1.82) is 0 Å². The summed E-state index contributed by atoms with van der Waals surface area (Å²) < 4.78 is 1.03. The Labute approximate surface area is 130 Å². The Bertz CT molecular complexity index is 456. The third-order valence-corrected chi connectivity index (χ3v) is 5.32. The molecule has 0 heterocycles. The van der Waals surface area contributed by atoms with Crippen molar-refractivity contribution >= 4 is 15.9 Å². The van der Waals surface area contributed by atoms with E-state index in [0.717, 1.165) is 40.8 Å². The maximum absolute atomic E-state index is 10.1. The van der Waals surface area contributed by atoms with Gasteiger partial charge in [0.1, 0.15) is 5.75 Å². The van der Waals surface area contributed by atoms with Gasteiger partial charge in [-0.15, -0.1) is 0 Å². The Hall–Kier alpha value is -0.540. The van der Waals surface area contributed by atoms with Crippen LogP contribution in [0.25, 0.3) is 0 Å². The van der Waals surface area contributed by atoms with Gasteiger partial charge in [-0.3, -0.25) is 0 Å². The molecule has 2 fully saturated rings. The second-order valence-corrected chi connectivity index (χ2v) is 7.33. The molecule has 0 bridgehead atoms. The van der Waals surface area contributed by atoms with E-state index in [0.29, 0.717) is 5.75 Å². The molecule has 0 aliphatic heterocycles. The first-order valence-corrected chi connectivity index (χ1v) is 8.70. The van der Waals surface area contributed by atoms with Crippen molar-refractivity contribution in [3.8, 4) is 5.75 Å². The fourth-order valence-electron chi connectivity index (χ4n) is 3.32. The number of phenolic OH excluding ortho intramolecular Hbond substituents is 1. The summed E-state index contributed by atoms with van der Waals surface area (Å²) in [5.41, 5.74) is 1.02. The van der Waals surface area contributed by atoms with Gasteiger partial charge in [0.25, 0.3) is 0 Å². The lowest BCUT2D eigenvalue weighted by Crippen LogP contribution is -2.29. The molecule has 0 spiro atoms. The van der Waals surface area contributed by atoms with Crippen LogP contribution in [-0.2, 0) is 0 Å². The van der Waals surface area contributed by atoms with E-state index in [4.69, 9.17) is 0 Å². The van der Waals surface area contributed by atoms with Gasteiger partial charge in [-0.05, 0) is 74.6 Å². The van der Waals surface area contributed by atoms with Crippen LogP contribution in [0.1, 0.15) is 50.6 Å². The second-order valence-electron chi connectivity index (χ2n) is 6.41. The largest absolute Gasteiger partial charge is 0.508 e. The first kappa shape index (κ1) is 14.4. The van der Waals surface area contributed by atoms with Gasteiger partial charge in [-0.2, -0.15) is 0 Å². The molecule has 0 amide bonds. The van der Waals surface area contributed by atoms with Crippen molar-refractivity contribution in [2.45, 2.75) is 45.1 Å². The van der Waals surface area contributed by atoms with Gasteiger partial charge in [0.2, 0.25) is 0 Å². The zero-order chi connectivity index (χ0) is 14.1. The van der Waals surface area contributed by atoms with Crippen LogP contribution in [0.4, 0.5) is 0 Å². The minimum atomic E-state index is 0.257. The van der Waals surface area contributed by atoms with Gasteiger partial charge in [-0.25, -0.2) is 0 Å². The Balaban J connectivity index is 1.65. The summed E-state index contributed by atoms with van der Waals surface area (Å²) in [6.07, 6.45) is 6.74. The van der Waals surface area contributed by atoms with Crippen LogP contribution in [0, 0.1) is 17.8 Å². The molecule has 2 N–H and O–H groups in total. The first-order valence-electron chi connectivity index (χ1n) is 7.90. The molecule has 1 atom stereocenters. The predicted octanol–water partition coefficient (Wildman–Crippen LogP) is 4.63. The normalized spacial score (nSPS) is 20.4. The first-order chi connectivity index (χ1) is 9.69. The summed E-state index contributed by atoms with van der Waals surface area (Å²) in [5.74, 6) is 3.23. The summed E-state index contributed by atoms with van der Waals surface area (Å²) >= 11 is 3.50. The molecular formula is C17H24BrNO. The lowest BCUT2D eigenvalue weighted by atomic mass is 9.96. The Morgan fingerprint density at radius 2 is 1.90 bits per heavy atom. The van der Waals surface area contributed by atoms with E-state index < -0.39 is 0 Å². The molecule has 3 rings (SSSR count). The minimum absolute atomic E-state index is 0.257. The van der Waals surface area contributed by atoms with E-state index in [1.54, 1.807) is 6.07 Å². The molecule has 2 aliphatic carbocycles. The Morgan fingerprint density at radius 3 is 2.45 bits per heavy atom. The Morgan fingerprint density at radius 1 is 1.25 bits per heavy atom. The van der Waals surface area contributed by atoms with Crippen LogP contribution in [0.5, 0.6) is 5.75 Å². The molecule has 110 valence electrons. The molecule has 2 nitrogen and oxygen atoms in total. The summed E-state index contributed by atoms with van der Waals surface area (Å²) in [4.78, 5) is 0. The number of hydrogen-bond acceptors (Lipinski definition) is 2. The highest BCUT2D eigenvalue weighted by Crippen LogP contribution is 2.49. The molecule has 1 aromatic rings. The zero-order valence-corrected chi connectivity index (χ0v) is 13.7. The number of hydrogen-bond donors (Lipinski definition) is 2. The third kappa shape index (κ3) is 3.37. The third-order valence-electron chi connectivity index (χ3n) is 4.83. The number of nitrogens with one attached hydrogen (secondary N) is 1. The van der Waals surface area contributed by atoms with Crippen LogP contribution in [0.15, 0.2) is 22.7 Å². The highest BCUT2D eigenvalue weighted by Gasteiger charge is 2.41. The van der Waals surface area contributed by atoms with E-state index in [1.807, 2.05) is 12.1 Å². The van der Waals surface area contributed by atoms with E-state index >= 15 is 0 Å². The van der Waals surface area contributed by atoms with E-state index in [-0.39, 0.29) is 6.04 Å². The zero-order valence-electron chi connectivity index (χ0n) is 12.1. The van der Waals surface area contributed by atoms with Crippen molar-refractivity contribution in [2.75, 3.05) is 6.54 Å². The summed E-state index contributed by atoms with van der Waals surface area (Å²) in [5, 5.41) is 13.8. The molecular weight excluding hydrogens is 314 g/mol. The molecule has 20 heavy (non-hydrogen) atoms. The monoisotopic (exact) mass is 337 g/mol. The van der Waals surface area contributed by atoms with Crippen LogP contribution >= 0.6 is 15.9 Å². The highest BCUT2D eigenvalue weighted by atomic mass is 79.9. The summed E-state index contributed by atoms with van der Waals surface area (Å²) in [7, 11) is 0. The van der Waals surface area contributed by atoms with Gasteiger partial charge in [0, 0.05) is 16.1 Å². The number of aromatic hydroxyl groups is 1. The van der Waals surface area contributed by atoms with E-state index in [1.165, 1.54) is 25.7 Å². The van der Waals surface area contributed by atoms with Crippen molar-refractivity contribution in [1.82, 2.24) is 5.32 Å². The lowest BCUT2D eigenvalue weighted by Gasteiger charge is -2.23. The predicted molar refractivity (Wildman–Crippen MR) is 85.8 cm³/mol. The highest BCUT2D eigenvalue weighted by molar-refractivity contribution is 9.10. The molecule has 1 aromatic carbocycles. The fourth-order valence-corrected chi connectivity index (χ4v) is 3.70. The van der Waals surface area contributed by atoms with Crippen molar-refractivity contribution < 1.29 is 5.11 Å². The minimum Gasteiger partial charge on any atom is -0.508 e. The van der Waals surface area contributed by atoms with Gasteiger partial charge in [0.15, 0.2) is 0 Å². The van der Waals surface area contributed by atoms with E-state index in [9.17, 15) is 5.11 Å². The lowest BCUT2D eigenvalue weighted by molar-refractivity contribution is 0.348. The van der Waals surface area contributed by atoms with Crippen molar-refractivity contribution in [3.63, 3.8) is 0 Å². The molecule has 0 aromatic heterocycles. The van der Waals surface area contributed by atoms with Crippen molar-refractivity contribution in [2.24, 2.45) is 17.8 Å². The van der Waals surface area contributed by atoms with Gasteiger partial charge < -0.3 is 10.4 Å². The van der Waals surface area contributed by atoms with Gasteiger partial charge >= 0.3 is 0 Å². The summed E-state index contributed by atoms with van der Waals surface area (Å²) in [6, 6.07) is 5.97. The van der Waals surface area contributed by atoms with Gasteiger partial charge in [0.05, 0.1) is 0 Å². The number of rotatable bonds is 7. The number of benzene rings is 1. The quantitative estimate of drug-likeness (QED) is 0.760. The number of halogens is 1. The van der Waals surface area contributed by atoms with E-state index in [2.05, 4.69) is 28.2 Å². The second kappa shape index (κ2) is 6.07. The van der Waals surface area contributed by atoms with Crippen LogP contribution in [0.2, 0.25) is 0 Å². The Kier molecular flexibility index (Phi) is 4.37. The molecule has 1 unspecified atom stereocenters. The smallest absolute Gasteiger partial charge is 0.120 e. The average Bonchev–Trinajstić information content (AvgIpc) is 3.30. The van der Waals surface area contributed by atoms with Crippen LogP contribution in [-0.4, -0.2) is 11.7 Å². The maximum atomic E-state index is 10.1. The van der Waals surface area contributed by atoms with Crippen LogP contribution in [0.3, 0.4) is 0 Å². The van der Waals surface area contributed by atoms with Gasteiger partial charge in [-0.1, -0.05) is 22.9 Å². The molecule has 2 saturated carbocycles. The topological polar surface area (TPSA) is 32.3 Å². The van der Waals surface area contributed by atoms with Crippen LogP contribution < -0.4 is 5.32 Å². The summed E-state index contributed by atoms with van der Waals surface area (Å²) in [6.45, 7) is 3.29. The molecule has 0 saturated heterocycles.